The van der Waals surface area contributed by atoms with Gasteiger partial charge in [-0.05, 0) is 6.42 Å². The van der Waals surface area contributed by atoms with Crippen LogP contribution in [0.3, 0.4) is 0 Å². The van der Waals surface area contributed by atoms with Gasteiger partial charge in [0.2, 0.25) is 5.82 Å². The molecule has 1 unspecified atom stereocenters. The fraction of sp³-hybridized carbons (Fsp3) is 0.385. The van der Waals surface area contributed by atoms with Gasteiger partial charge in [0.25, 0.3) is 0 Å². The molecule has 0 aliphatic carbocycles. The second-order valence-electron chi connectivity index (χ2n) is 4.84. The summed E-state index contributed by atoms with van der Waals surface area (Å²) in [6.45, 7) is 1.78. The molecule has 0 saturated carbocycles. The molecule has 1 aliphatic heterocycles. The van der Waals surface area contributed by atoms with E-state index in [2.05, 4.69) is 20.3 Å². The van der Waals surface area contributed by atoms with Gasteiger partial charge in [0.1, 0.15) is 0 Å². The SMILES string of the molecule is COBNC1CCN(c2nc(-c3ccccc3)no2)C1. The molecule has 0 bridgehead atoms. The Balaban J connectivity index is 1.66. The zero-order valence-electron chi connectivity index (χ0n) is 11.5. The highest BCUT2D eigenvalue weighted by atomic mass is 16.5. The van der Waals surface area contributed by atoms with Gasteiger partial charge in [0.05, 0.1) is 0 Å². The van der Waals surface area contributed by atoms with Crippen molar-refractivity contribution < 1.29 is 9.18 Å². The van der Waals surface area contributed by atoms with Gasteiger partial charge in [0, 0.05) is 31.8 Å². The van der Waals surface area contributed by atoms with Crippen LogP contribution in [-0.4, -0.2) is 44.0 Å². The predicted molar refractivity (Wildman–Crippen MR) is 77.6 cm³/mol. The predicted octanol–water partition coefficient (Wildman–Crippen LogP) is 0.818. The van der Waals surface area contributed by atoms with Crippen LogP contribution in [0.25, 0.3) is 11.4 Å². The Labute approximate surface area is 118 Å². The maximum absolute atomic E-state index is 5.36. The Hall–Kier alpha value is -1.86. The third-order valence-electron chi connectivity index (χ3n) is 3.42. The van der Waals surface area contributed by atoms with E-state index in [1.807, 2.05) is 30.3 Å². The molecule has 1 aromatic carbocycles. The third-order valence-corrected chi connectivity index (χ3v) is 3.42. The Morgan fingerprint density at radius 2 is 2.25 bits per heavy atom. The Kier molecular flexibility index (Phi) is 3.99. The monoisotopic (exact) mass is 272 g/mol. The van der Waals surface area contributed by atoms with Gasteiger partial charge >= 0.3 is 13.6 Å². The summed E-state index contributed by atoms with van der Waals surface area (Å²) in [7, 11) is 2.25. The summed E-state index contributed by atoms with van der Waals surface area (Å²) in [5.74, 6) is 0.633. The topological polar surface area (TPSA) is 63.4 Å². The number of hydrogen-bond donors (Lipinski definition) is 1. The first kappa shape index (κ1) is 13.1. The van der Waals surface area contributed by atoms with Crippen molar-refractivity contribution in [2.75, 3.05) is 25.1 Å². The molecule has 0 amide bonds. The van der Waals surface area contributed by atoms with Gasteiger partial charge in [-0.1, -0.05) is 35.5 Å². The number of aromatic nitrogens is 2. The zero-order valence-corrected chi connectivity index (χ0v) is 11.5. The van der Waals surface area contributed by atoms with Crippen LogP contribution in [0.4, 0.5) is 6.01 Å². The molecule has 6 nitrogen and oxygen atoms in total. The summed E-state index contributed by atoms with van der Waals surface area (Å²) < 4.78 is 10.4. The normalized spacial score (nSPS) is 18.4. The van der Waals surface area contributed by atoms with Gasteiger partial charge in [0.15, 0.2) is 0 Å². The van der Waals surface area contributed by atoms with E-state index in [4.69, 9.17) is 9.18 Å². The van der Waals surface area contributed by atoms with Crippen molar-refractivity contribution in [2.45, 2.75) is 12.5 Å². The minimum Gasteiger partial charge on any atom is -0.427 e. The Bertz CT molecular complexity index is 548. The molecule has 2 aromatic rings. The highest BCUT2D eigenvalue weighted by Gasteiger charge is 2.26. The van der Waals surface area contributed by atoms with Crippen LogP contribution in [0, 0.1) is 0 Å². The summed E-state index contributed by atoms with van der Waals surface area (Å²) in [6, 6.07) is 10.8. The fourth-order valence-corrected chi connectivity index (χ4v) is 2.35. The summed E-state index contributed by atoms with van der Waals surface area (Å²) in [5.41, 5.74) is 0.968. The number of hydrogen-bond acceptors (Lipinski definition) is 6. The third kappa shape index (κ3) is 2.83. The van der Waals surface area contributed by atoms with Crippen LogP contribution >= 0.6 is 0 Å². The molecule has 1 atom stereocenters. The minimum absolute atomic E-state index is 0.405. The van der Waals surface area contributed by atoms with Gasteiger partial charge in [-0.25, -0.2) is 0 Å². The maximum Gasteiger partial charge on any atom is 0.360 e. The molecule has 2 heterocycles. The van der Waals surface area contributed by atoms with Crippen LogP contribution in [0.2, 0.25) is 0 Å². The lowest BCUT2D eigenvalue weighted by atomic mass is 10.1. The fourth-order valence-electron chi connectivity index (χ4n) is 2.35. The second kappa shape index (κ2) is 6.07. The van der Waals surface area contributed by atoms with Crippen LogP contribution in [-0.2, 0) is 4.65 Å². The number of rotatable bonds is 5. The van der Waals surface area contributed by atoms with E-state index < -0.39 is 0 Å². The molecule has 1 fully saturated rings. The highest BCUT2D eigenvalue weighted by Crippen LogP contribution is 2.22. The number of anilines is 1. The summed E-state index contributed by atoms with van der Waals surface area (Å²) >= 11 is 0. The molecule has 0 radical (unpaired) electrons. The molecule has 20 heavy (non-hydrogen) atoms. The summed E-state index contributed by atoms with van der Waals surface area (Å²) in [4.78, 5) is 6.57. The average molecular weight is 272 g/mol. The maximum atomic E-state index is 5.36. The van der Waals surface area contributed by atoms with E-state index in [9.17, 15) is 0 Å². The van der Waals surface area contributed by atoms with Crippen LogP contribution in [0.5, 0.6) is 0 Å². The largest absolute Gasteiger partial charge is 0.427 e. The van der Waals surface area contributed by atoms with Gasteiger partial charge < -0.3 is 19.3 Å². The molecule has 104 valence electrons. The van der Waals surface area contributed by atoms with Crippen molar-refractivity contribution in [1.29, 1.82) is 0 Å². The van der Waals surface area contributed by atoms with Crippen LogP contribution < -0.4 is 10.1 Å². The lowest BCUT2D eigenvalue weighted by molar-refractivity contribution is 0.415. The first-order valence-corrected chi connectivity index (χ1v) is 6.73. The standard InChI is InChI=1S/C13H17BN4O2/c1-19-14-16-11-7-8-18(9-11)13-15-12(17-20-13)10-5-3-2-4-6-10/h2-6,11,14,16H,7-9H2,1H3. The average Bonchev–Trinajstić information content (AvgIpc) is 3.15. The molecular weight excluding hydrogens is 255 g/mol. The molecule has 1 aliphatic rings. The smallest absolute Gasteiger partial charge is 0.360 e. The van der Waals surface area contributed by atoms with Crippen molar-refractivity contribution in [3.8, 4) is 11.4 Å². The minimum atomic E-state index is 0.405. The zero-order chi connectivity index (χ0) is 13.8. The lowest BCUT2D eigenvalue weighted by Gasteiger charge is -2.13. The van der Waals surface area contributed by atoms with Gasteiger partial charge in [-0.15, -0.1) is 0 Å². The van der Waals surface area contributed by atoms with Crippen molar-refractivity contribution in [3.63, 3.8) is 0 Å². The molecule has 1 N–H and O–H groups in total. The van der Waals surface area contributed by atoms with Crippen LogP contribution in [0.15, 0.2) is 34.9 Å². The van der Waals surface area contributed by atoms with E-state index in [-0.39, 0.29) is 0 Å². The van der Waals surface area contributed by atoms with E-state index in [0.717, 1.165) is 25.1 Å². The van der Waals surface area contributed by atoms with Crippen LogP contribution in [0.1, 0.15) is 6.42 Å². The first-order valence-electron chi connectivity index (χ1n) is 6.73. The van der Waals surface area contributed by atoms with Crippen molar-refractivity contribution in [2.24, 2.45) is 0 Å². The molecule has 0 spiro atoms. The summed E-state index contributed by atoms with van der Waals surface area (Å²) in [6.07, 6.45) is 1.05. The van der Waals surface area contributed by atoms with E-state index in [1.165, 1.54) is 0 Å². The van der Waals surface area contributed by atoms with Crippen molar-refractivity contribution in [1.82, 2.24) is 15.4 Å². The van der Waals surface area contributed by atoms with Crippen molar-refractivity contribution in [3.05, 3.63) is 30.3 Å². The van der Waals surface area contributed by atoms with Gasteiger partial charge in [-0.3, -0.25) is 0 Å². The molecule has 1 saturated heterocycles. The van der Waals surface area contributed by atoms with E-state index in [1.54, 1.807) is 7.11 Å². The Morgan fingerprint density at radius 1 is 1.40 bits per heavy atom. The summed E-state index contributed by atoms with van der Waals surface area (Å²) in [5, 5.41) is 7.36. The van der Waals surface area contributed by atoms with Crippen molar-refractivity contribution >= 4 is 13.6 Å². The molecule has 3 rings (SSSR count). The number of benzene rings is 1. The molecular formula is C13H17BN4O2. The quantitative estimate of drug-likeness (QED) is 0.813. The molecule has 1 aromatic heterocycles. The first-order chi connectivity index (χ1) is 9.86. The van der Waals surface area contributed by atoms with Gasteiger partial charge in [-0.2, -0.15) is 4.98 Å². The molecule has 7 heteroatoms. The van der Waals surface area contributed by atoms with E-state index >= 15 is 0 Å². The Morgan fingerprint density at radius 3 is 3.05 bits per heavy atom. The van der Waals surface area contributed by atoms with E-state index in [0.29, 0.717) is 25.5 Å². The number of nitrogens with one attached hydrogen (secondary N) is 1. The second-order valence-corrected chi connectivity index (χ2v) is 4.84. The number of nitrogens with zero attached hydrogens (tertiary/aromatic N) is 3. The highest BCUT2D eigenvalue weighted by molar-refractivity contribution is 6.23. The lowest BCUT2D eigenvalue weighted by Crippen LogP contribution is -2.35.